The zero-order valence-corrected chi connectivity index (χ0v) is 20.7. The van der Waals surface area contributed by atoms with Crippen molar-refractivity contribution in [1.29, 1.82) is 0 Å². The largest absolute Gasteiger partial charge is 0.494 e. The summed E-state index contributed by atoms with van der Waals surface area (Å²) in [5.74, 6) is 2.29. The minimum atomic E-state index is -0.0569. The van der Waals surface area contributed by atoms with E-state index in [1.165, 1.54) is 18.4 Å². The Morgan fingerprint density at radius 1 is 1.15 bits per heavy atom. The van der Waals surface area contributed by atoms with Crippen LogP contribution in [-0.4, -0.2) is 45.3 Å². The van der Waals surface area contributed by atoms with E-state index in [9.17, 15) is 4.79 Å². The molecule has 7 nitrogen and oxygen atoms in total. The molecule has 4 rings (SSSR count). The van der Waals surface area contributed by atoms with Crippen LogP contribution in [0.2, 0.25) is 0 Å². The molecule has 1 aromatic heterocycles. The van der Waals surface area contributed by atoms with Gasteiger partial charge in [-0.1, -0.05) is 19.1 Å². The first-order valence-corrected chi connectivity index (χ1v) is 12.4. The van der Waals surface area contributed by atoms with E-state index in [0.717, 1.165) is 42.6 Å². The summed E-state index contributed by atoms with van der Waals surface area (Å²) in [5.41, 5.74) is 3.00. The highest BCUT2D eigenvalue weighted by atomic mass is 32.1. The second kappa shape index (κ2) is 11.4. The second-order valence-corrected chi connectivity index (χ2v) is 9.30. The van der Waals surface area contributed by atoms with Gasteiger partial charge in [0.25, 0.3) is 0 Å². The van der Waals surface area contributed by atoms with Gasteiger partial charge in [0.2, 0.25) is 5.91 Å². The topological polar surface area (TPSA) is 75.2 Å². The maximum Gasteiger partial charge on any atom is 0.226 e. The van der Waals surface area contributed by atoms with Gasteiger partial charge in [-0.2, -0.15) is 5.10 Å². The molecule has 8 heteroatoms. The van der Waals surface area contributed by atoms with Crippen molar-refractivity contribution < 1.29 is 9.53 Å². The summed E-state index contributed by atoms with van der Waals surface area (Å²) >= 11 is 5.39. The lowest BCUT2D eigenvalue weighted by Crippen LogP contribution is -2.32. The van der Waals surface area contributed by atoms with Crippen LogP contribution in [0.4, 0.5) is 5.69 Å². The number of nitrogens with one attached hydrogen (secondary N) is 2. The van der Waals surface area contributed by atoms with Gasteiger partial charge < -0.3 is 10.1 Å². The second-order valence-electron chi connectivity index (χ2n) is 8.92. The number of benzene rings is 2. The van der Waals surface area contributed by atoms with Gasteiger partial charge >= 0.3 is 0 Å². The maximum absolute atomic E-state index is 12.6. The highest BCUT2D eigenvalue weighted by Gasteiger charge is 2.16. The number of piperidine rings is 1. The number of anilines is 1. The van der Waals surface area contributed by atoms with Gasteiger partial charge in [0.15, 0.2) is 10.6 Å². The Morgan fingerprint density at radius 2 is 1.85 bits per heavy atom. The van der Waals surface area contributed by atoms with Gasteiger partial charge in [-0.25, -0.2) is 0 Å². The van der Waals surface area contributed by atoms with E-state index in [0.29, 0.717) is 30.2 Å². The fourth-order valence-corrected chi connectivity index (χ4v) is 4.44. The number of likely N-dealkylation sites (tertiary alicyclic amines) is 1. The third-order valence-corrected chi connectivity index (χ3v) is 6.58. The Labute approximate surface area is 206 Å². The Bertz CT molecular complexity index is 1130. The molecule has 3 aromatic rings. The Balaban J connectivity index is 1.31. The van der Waals surface area contributed by atoms with Crippen LogP contribution in [0.1, 0.15) is 38.7 Å². The number of aromatic nitrogens is 3. The monoisotopic (exact) mass is 479 g/mol. The minimum Gasteiger partial charge on any atom is -0.494 e. The fourth-order valence-electron chi connectivity index (χ4n) is 4.22. The molecule has 34 heavy (non-hydrogen) atoms. The zero-order valence-electron chi connectivity index (χ0n) is 19.9. The molecule has 180 valence electrons. The number of aromatic amines is 1. The van der Waals surface area contributed by atoms with E-state index in [2.05, 4.69) is 39.5 Å². The number of carbonyl (C=O) groups is 1. The molecule has 0 spiro atoms. The summed E-state index contributed by atoms with van der Waals surface area (Å²) in [6.07, 6.45) is 2.84. The first-order valence-electron chi connectivity index (χ1n) is 12.0. The van der Waals surface area contributed by atoms with Crippen LogP contribution < -0.4 is 10.1 Å². The van der Waals surface area contributed by atoms with E-state index < -0.39 is 0 Å². The molecule has 1 fully saturated rings. The molecule has 0 bridgehead atoms. The molecule has 1 amide bonds. The quantitative estimate of drug-likeness (QED) is 0.409. The molecule has 2 N–H and O–H groups in total. The molecular formula is C26H33N5O2S. The Morgan fingerprint density at radius 3 is 2.53 bits per heavy atom. The number of nitrogens with zero attached hydrogens (tertiary/aromatic N) is 3. The summed E-state index contributed by atoms with van der Waals surface area (Å²) in [6.45, 7) is 8.63. The lowest BCUT2D eigenvalue weighted by molar-refractivity contribution is -0.116. The van der Waals surface area contributed by atoms with Crippen LogP contribution in [0.3, 0.4) is 0 Å². The van der Waals surface area contributed by atoms with Crippen molar-refractivity contribution in [1.82, 2.24) is 19.7 Å². The average Bonchev–Trinajstić information content (AvgIpc) is 3.21. The smallest absolute Gasteiger partial charge is 0.226 e. The summed E-state index contributed by atoms with van der Waals surface area (Å²) in [5, 5.41) is 10.2. The minimum absolute atomic E-state index is 0.0569. The summed E-state index contributed by atoms with van der Waals surface area (Å²) in [6, 6.07) is 15.9. The summed E-state index contributed by atoms with van der Waals surface area (Å²) < 4.78 is 7.85. The van der Waals surface area contributed by atoms with Crippen LogP contribution >= 0.6 is 12.2 Å². The van der Waals surface area contributed by atoms with Crippen LogP contribution in [0, 0.1) is 10.7 Å². The van der Waals surface area contributed by atoms with Crippen LogP contribution in [0.5, 0.6) is 5.75 Å². The zero-order chi connectivity index (χ0) is 23.9. The first-order chi connectivity index (χ1) is 16.5. The van der Waals surface area contributed by atoms with Crippen LogP contribution in [0.15, 0.2) is 48.5 Å². The average molecular weight is 480 g/mol. The molecule has 0 saturated carbocycles. The highest BCUT2D eigenvalue weighted by Crippen LogP contribution is 2.22. The molecule has 2 heterocycles. The van der Waals surface area contributed by atoms with Crippen molar-refractivity contribution in [3.8, 4) is 17.1 Å². The van der Waals surface area contributed by atoms with Gasteiger partial charge in [0.1, 0.15) is 5.75 Å². The van der Waals surface area contributed by atoms with Crippen LogP contribution in [-0.2, 0) is 17.9 Å². The maximum atomic E-state index is 12.6. The molecule has 2 aromatic carbocycles. The Kier molecular flexibility index (Phi) is 8.13. The van der Waals surface area contributed by atoms with Gasteiger partial charge in [-0.15, -0.1) is 0 Å². The highest BCUT2D eigenvalue weighted by molar-refractivity contribution is 7.71. The van der Waals surface area contributed by atoms with E-state index in [1.807, 2.05) is 47.9 Å². The predicted octanol–water partition coefficient (Wildman–Crippen LogP) is 5.27. The molecule has 0 radical (unpaired) electrons. The predicted molar refractivity (Wildman–Crippen MR) is 137 cm³/mol. The number of rotatable bonds is 9. The number of ether oxygens (including phenoxy) is 1. The normalized spacial score (nSPS) is 14.8. The van der Waals surface area contributed by atoms with Crippen molar-refractivity contribution in [2.45, 2.75) is 46.2 Å². The standard InChI is InChI=1S/C26H33N5O2S/c1-3-33-23-10-6-21(7-11-23)25-28-29-26(34)31(25)17-14-24(32)27-22-8-4-20(5-9-22)18-30-15-12-19(2)13-16-30/h4-11,19H,3,12-18H2,1-2H3,(H,27,32)(H,29,34). The summed E-state index contributed by atoms with van der Waals surface area (Å²) in [7, 11) is 0. The number of hydrogen-bond acceptors (Lipinski definition) is 5. The third kappa shape index (κ3) is 6.33. The third-order valence-electron chi connectivity index (χ3n) is 6.26. The van der Waals surface area contributed by atoms with E-state index in [4.69, 9.17) is 17.0 Å². The molecule has 0 atom stereocenters. The molecule has 1 saturated heterocycles. The van der Waals surface area contributed by atoms with Crippen molar-refractivity contribution in [2.75, 3.05) is 25.0 Å². The number of carbonyl (C=O) groups excluding carboxylic acids is 1. The fraction of sp³-hybridized carbons (Fsp3) is 0.423. The molecule has 0 unspecified atom stereocenters. The van der Waals surface area contributed by atoms with Gasteiger partial charge in [0.05, 0.1) is 6.61 Å². The molecular weight excluding hydrogens is 446 g/mol. The first kappa shape index (κ1) is 24.2. The summed E-state index contributed by atoms with van der Waals surface area (Å²) in [4.78, 5) is 15.1. The van der Waals surface area contributed by atoms with Crippen molar-refractivity contribution in [2.24, 2.45) is 5.92 Å². The Hall–Kier alpha value is -2.97. The van der Waals surface area contributed by atoms with Crippen molar-refractivity contribution in [3.05, 3.63) is 58.9 Å². The van der Waals surface area contributed by atoms with Crippen LogP contribution in [0.25, 0.3) is 11.4 Å². The lowest BCUT2D eigenvalue weighted by atomic mass is 9.99. The molecule has 0 aliphatic carbocycles. The van der Waals surface area contributed by atoms with Gasteiger partial charge in [-0.3, -0.25) is 19.4 Å². The SMILES string of the molecule is CCOc1ccc(-c2n[nH]c(=S)n2CCC(=O)Nc2ccc(CN3CCC(C)CC3)cc2)cc1. The van der Waals surface area contributed by atoms with E-state index in [-0.39, 0.29) is 5.91 Å². The number of hydrogen-bond donors (Lipinski definition) is 2. The van der Waals surface area contributed by atoms with Crippen molar-refractivity contribution in [3.63, 3.8) is 0 Å². The molecule has 1 aliphatic heterocycles. The molecule has 1 aliphatic rings. The lowest BCUT2D eigenvalue weighted by Gasteiger charge is -2.30. The van der Waals surface area contributed by atoms with Gasteiger partial charge in [0, 0.05) is 30.8 Å². The number of amides is 1. The van der Waals surface area contributed by atoms with E-state index in [1.54, 1.807) is 0 Å². The number of H-pyrrole nitrogens is 1. The van der Waals surface area contributed by atoms with E-state index >= 15 is 0 Å². The van der Waals surface area contributed by atoms with Crippen molar-refractivity contribution >= 4 is 23.8 Å². The van der Waals surface area contributed by atoms with Gasteiger partial charge in [-0.05, 0) is 93.0 Å².